The standard InChI is InChI=1S/C24H26N6O4.C16H13ClN4O4.C16H16N4O2.C10H8Cl2N2O2.C8H10N2O2.C6H6N2O2/c1-24(2,3)20-12-21(30-34-20)29-23(31)28-15-8-6-14(7-9-15)27-22-16-10-18(32-4)19(33-5)11-17(16)25-13-26-22;1-24-13-7-11-12(8-14(13)25-2)19-16(17)20-15(11)18-9-3-5-10(6-4-9)21(22)23;1-21-14-7-12-13(8-15(14)22-2)18-9-19-16(12)20-11-5-3-10(17)4-6-11;1-15-7-3-5-6(4-8(7)16-2)13-10(12)14-9(5)11;1-8(2,3)6-4-7(9-5-11)10-12-6;7-5-1-3-6(4-2-5)8(9)10/h6-13H,1-5H3,(H,25,26,27)(H2,28,29,30,31);3-8H,1-2H3,(H,18,19,20);3-9H,17H2,1-2H3,(H,18,19,20);3-4H,1-2H3;4H,1-3H3;1-4H,7H2. The lowest BCUT2D eigenvalue weighted by atomic mass is 9.93. The van der Waals surface area contributed by atoms with Crippen molar-refractivity contribution >= 4 is 165 Å². The summed E-state index contributed by atoms with van der Waals surface area (Å²) in [5, 5.41) is 46.7. The number of hydrogen-bond acceptors (Lipinski definition) is 32. The van der Waals surface area contributed by atoms with Gasteiger partial charge in [-0.1, -0.05) is 63.5 Å². The Morgan fingerprint density at radius 3 is 1.18 bits per heavy atom. The molecular formula is C80H79Cl3N20O16. The fraction of sp³-hybridized carbons (Fsp3) is 0.200. The van der Waals surface area contributed by atoms with Crippen molar-refractivity contribution in [3.8, 4) is 46.0 Å². The predicted molar refractivity (Wildman–Crippen MR) is 454 cm³/mol. The van der Waals surface area contributed by atoms with E-state index in [4.69, 9.17) is 93.2 Å². The van der Waals surface area contributed by atoms with Crippen LogP contribution in [0, 0.1) is 20.2 Å². The lowest BCUT2D eigenvalue weighted by molar-refractivity contribution is -0.385. The normalized spacial score (nSPS) is 10.6. The van der Waals surface area contributed by atoms with Crippen LogP contribution < -0.4 is 75.9 Å². The molecule has 0 aliphatic carbocycles. The van der Waals surface area contributed by atoms with Crippen LogP contribution in [0.15, 0.2) is 184 Å². The number of benzene rings is 8. The van der Waals surface area contributed by atoms with E-state index in [2.05, 4.69) is 81.8 Å². The molecule has 0 unspecified atom stereocenters. The summed E-state index contributed by atoms with van der Waals surface area (Å²) in [6.07, 6.45) is 4.39. The molecule has 8 aromatic carbocycles. The summed E-state index contributed by atoms with van der Waals surface area (Å²) in [5.41, 5.74) is 17.6. The van der Waals surface area contributed by atoms with Gasteiger partial charge in [-0.2, -0.15) is 4.98 Å². The smallest absolute Gasteiger partial charge is 0.324 e. The van der Waals surface area contributed by atoms with Gasteiger partial charge in [0.05, 0.1) is 88.8 Å². The maximum Gasteiger partial charge on any atom is 0.324 e. The Balaban J connectivity index is 0.000000170. The minimum atomic E-state index is -0.460. The summed E-state index contributed by atoms with van der Waals surface area (Å²) >= 11 is 17.7. The third-order valence-electron chi connectivity index (χ3n) is 16.5. The Morgan fingerprint density at radius 2 is 0.773 bits per heavy atom. The van der Waals surface area contributed by atoms with Crippen molar-refractivity contribution in [1.82, 2.24) is 50.2 Å². The highest BCUT2D eigenvalue weighted by molar-refractivity contribution is 6.35. The van der Waals surface area contributed by atoms with E-state index >= 15 is 0 Å². The molecule has 39 heteroatoms. The Morgan fingerprint density at radius 1 is 0.429 bits per heavy atom. The van der Waals surface area contributed by atoms with Gasteiger partial charge in [0.1, 0.15) is 46.8 Å². The van der Waals surface area contributed by atoms with Gasteiger partial charge in [0, 0.05) is 127 Å². The number of carbonyl (C=O) groups excluding carboxylic acids is 2. The van der Waals surface area contributed by atoms with Crippen LogP contribution in [0.2, 0.25) is 15.7 Å². The number of ether oxygens (including phenoxy) is 8. The van der Waals surface area contributed by atoms with Gasteiger partial charge in [0.25, 0.3) is 11.4 Å². The number of halogens is 3. The van der Waals surface area contributed by atoms with Crippen molar-refractivity contribution in [3.63, 3.8) is 0 Å². The van der Waals surface area contributed by atoms with Crippen LogP contribution in [-0.4, -0.2) is 129 Å². The predicted octanol–water partition coefficient (Wildman–Crippen LogP) is 18.3. The summed E-state index contributed by atoms with van der Waals surface area (Å²) < 4.78 is 52.5. The Bertz CT molecular complexity index is 5940. The number of non-ortho nitro benzene ring substituents is 2. The van der Waals surface area contributed by atoms with E-state index in [-0.39, 0.29) is 43.7 Å². The third kappa shape index (κ3) is 23.9. The Kier molecular flexibility index (Phi) is 30.0. The van der Waals surface area contributed by atoms with Crippen molar-refractivity contribution in [2.75, 3.05) is 94.9 Å². The van der Waals surface area contributed by atoms with Crippen LogP contribution in [0.5, 0.6) is 46.0 Å². The van der Waals surface area contributed by atoms with Crippen LogP contribution in [0.4, 0.5) is 79.4 Å². The second-order valence-electron chi connectivity index (χ2n) is 26.6. The first-order chi connectivity index (χ1) is 56.9. The topological polar surface area (TPSA) is 474 Å². The lowest BCUT2D eigenvalue weighted by Crippen LogP contribution is -2.19. The first-order valence-electron chi connectivity index (χ1n) is 35.1. The molecule has 0 spiro atoms. The number of rotatable bonds is 19. The number of carbonyl (C=O) groups is 1. The maximum atomic E-state index is 12.3. The monoisotopic (exact) mass is 1680 g/mol. The second-order valence-corrected chi connectivity index (χ2v) is 27.6. The molecule has 0 saturated heterocycles. The fourth-order valence-corrected chi connectivity index (χ4v) is 11.1. The number of nitrogen functional groups attached to an aromatic ring is 2. The van der Waals surface area contributed by atoms with Gasteiger partial charge in [-0.15, -0.1) is 4.99 Å². The van der Waals surface area contributed by atoms with E-state index in [0.29, 0.717) is 131 Å². The van der Waals surface area contributed by atoms with Gasteiger partial charge in [-0.05, 0) is 120 Å². The minimum Gasteiger partial charge on any atom is -0.493 e. The molecule has 2 amide bonds. The molecule has 0 aliphatic rings. The van der Waals surface area contributed by atoms with E-state index in [1.807, 2.05) is 96.1 Å². The highest BCUT2D eigenvalue weighted by Gasteiger charge is 2.23. The van der Waals surface area contributed by atoms with Crippen LogP contribution in [0.3, 0.4) is 0 Å². The first-order valence-corrected chi connectivity index (χ1v) is 36.2. The summed E-state index contributed by atoms with van der Waals surface area (Å²) in [5.74, 6) is 8.39. The number of nitrogens with one attached hydrogen (secondary N) is 5. The molecule has 14 aromatic rings. The number of hydrogen-bond donors (Lipinski definition) is 7. The molecule has 0 fully saturated rings. The van der Waals surface area contributed by atoms with Gasteiger partial charge in [0.15, 0.2) is 51.8 Å². The molecule has 36 nitrogen and oxygen atoms in total. The number of isocyanates is 1. The van der Waals surface area contributed by atoms with E-state index in [1.165, 1.54) is 69.4 Å². The SMILES string of the molecule is CC(C)(C)c1cc(N=C=O)no1.COc1cc2nc(Cl)nc(Cl)c2cc1OC.COc1cc2nc(Cl)nc(Nc3ccc([N+](=O)[O-])cc3)c2cc1OC.COc1cc2ncnc(Nc3ccc(N)cc3)c2cc1OC.COc1cc2ncnc(Nc3ccc(NC(=O)Nc4cc(C(C)(C)C)on4)cc3)c2cc1OC.Nc1ccc([N+](=O)[O-])cc1. The first kappa shape index (κ1) is 88.2. The summed E-state index contributed by atoms with van der Waals surface area (Å²) in [4.78, 5) is 79.0. The summed E-state index contributed by atoms with van der Waals surface area (Å²) in [6.45, 7) is 12.0. The van der Waals surface area contributed by atoms with Gasteiger partial charge in [-0.3, -0.25) is 25.5 Å². The molecule has 616 valence electrons. The van der Waals surface area contributed by atoms with Gasteiger partial charge < -0.3 is 79.7 Å². The van der Waals surface area contributed by atoms with Gasteiger partial charge >= 0.3 is 6.03 Å². The number of nitrogens with two attached hydrogens (primary N) is 2. The molecule has 0 bridgehead atoms. The number of urea groups is 1. The van der Waals surface area contributed by atoms with E-state index in [0.717, 1.165) is 27.7 Å². The summed E-state index contributed by atoms with van der Waals surface area (Å²) in [7, 11) is 12.5. The molecule has 0 atom stereocenters. The molecule has 6 aromatic heterocycles. The molecule has 0 saturated carbocycles. The van der Waals surface area contributed by atoms with Crippen LogP contribution in [0.1, 0.15) is 53.1 Å². The van der Waals surface area contributed by atoms with Crippen LogP contribution >= 0.6 is 34.8 Å². The maximum absolute atomic E-state index is 12.3. The van der Waals surface area contributed by atoms with E-state index < -0.39 is 15.9 Å². The quantitative estimate of drug-likeness (QED) is 0.00752. The number of nitro groups is 2. The Hall–Kier alpha value is -14.7. The lowest BCUT2D eigenvalue weighted by Gasteiger charge is -2.12. The van der Waals surface area contributed by atoms with Crippen molar-refractivity contribution < 1.29 is 66.4 Å². The molecular weight excluding hydrogens is 1600 g/mol. The average molecular weight is 1680 g/mol. The van der Waals surface area contributed by atoms with Gasteiger partial charge in [-0.25, -0.2) is 44.5 Å². The zero-order valence-electron chi connectivity index (χ0n) is 66.3. The number of aromatic nitrogens is 10. The minimum absolute atomic E-state index is 0.00235. The fourth-order valence-electron chi connectivity index (χ4n) is 10.4. The average Bonchev–Trinajstić information content (AvgIpc) is 1.78. The van der Waals surface area contributed by atoms with Gasteiger partial charge in [0.2, 0.25) is 22.5 Å². The van der Waals surface area contributed by atoms with E-state index in [9.17, 15) is 29.8 Å². The Labute approximate surface area is 694 Å². The molecule has 119 heavy (non-hydrogen) atoms. The number of anilines is 10. The molecule has 14 rings (SSSR count). The van der Waals surface area contributed by atoms with Crippen molar-refractivity contribution in [2.24, 2.45) is 4.99 Å². The number of nitro benzene ring substituents is 2. The van der Waals surface area contributed by atoms with Crippen molar-refractivity contribution in [2.45, 2.75) is 52.4 Å². The molecule has 9 N–H and O–H groups in total. The molecule has 6 heterocycles. The number of aliphatic imine (C=N–C) groups is 1. The zero-order chi connectivity index (χ0) is 86.3. The highest BCUT2D eigenvalue weighted by atomic mass is 35.5. The highest BCUT2D eigenvalue weighted by Crippen LogP contribution is 2.40. The number of fused-ring (bicyclic) bond motifs is 4. The van der Waals surface area contributed by atoms with E-state index in [1.54, 1.807) is 109 Å². The van der Waals surface area contributed by atoms with Crippen LogP contribution in [0.25, 0.3) is 43.6 Å². The number of methoxy groups -OCH3 is 8. The summed E-state index contributed by atoms with van der Waals surface area (Å²) in [6, 6.07) is 43.4. The third-order valence-corrected chi connectivity index (χ3v) is 17.1. The van der Waals surface area contributed by atoms with Crippen molar-refractivity contribution in [1.29, 1.82) is 0 Å². The number of amides is 2. The second kappa shape index (κ2) is 40.5. The zero-order valence-corrected chi connectivity index (χ0v) is 68.6. The van der Waals surface area contributed by atoms with Crippen molar-refractivity contribution in [3.05, 3.63) is 218 Å². The number of nitrogens with zero attached hydrogens (tertiary/aromatic N) is 13. The molecule has 0 radical (unpaired) electrons. The largest absolute Gasteiger partial charge is 0.493 e. The van der Waals surface area contributed by atoms with Crippen LogP contribution in [-0.2, 0) is 15.6 Å². The molecule has 0 aliphatic heterocycles.